The Bertz CT molecular complexity index is 412. The Morgan fingerprint density at radius 2 is 2.31 bits per heavy atom. The van der Waals surface area contributed by atoms with Gasteiger partial charge in [0.1, 0.15) is 0 Å². The van der Waals surface area contributed by atoms with Crippen LogP contribution in [0.3, 0.4) is 0 Å². The molecule has 3 nitrogen and oxygen atoms in total. The Kier molecular flexibility index (Phi) is 5.17. The van der Waals surface area contributed by atoms with Crippen LogP contribution in [0.15, 0.2) is 24.3 Å². The molecular weight excluding hydrogens is 220 g/mol. The molecule has 0 heterocycles. The zero-order valence-corrected chi connectivity index (χ0v) is 10.4. The van der Waals surface area contributed by atoms with Gasteiger partial charge in [0.05, 0.1) is 11.6 Å². The topological polar surface area (TPSA) is 52.9 Å². The first-order valence-corrected chi connectivity index (χ1v) is 6.87. The molecule has 1 aromatic rings. The van der Waals surface area contributed by atoms with Crippen LogP contribution in [0.1, 0.15) is 18.1 Å². The summed E-state index contributed by atoms with van der Waals surface area (Å²) in [6, 6.07) is 9.83. The van der Waals surface area contributed by atoms with Crippen molar-refractivity contribution < 1.29 is 4.21 Å². The van der Waals surface area contributed by atoms with Gasteiger partial charge >= 0.3 is 0 Å². The molecule has 0 fully saturated rings. The first kappa shape index (κ1) is 12.9. The van der Waals surface area contributed by atoms with Crippen molar-refractivity contribution in [3.8, 4) is 6.07 Å². The second-order valence-corrected chi connectivity index (χ2v) is 5.31. The Morgan fingerprint density at radius 3 is 2.94 bits per heavy atom. The van der Waals surface area contributed by atoms with Crippen molar-refractivity contribution in [2.45, 2.75) is 19.5 Å². The third-order valence-corrected chi connectivity index (χ3v) is 3.16. The minimum atomic E-state index is -0.774. The molecule has 1 aromatic carbocycles. The Balaban J connectivity index is 2.48. The van der Waals surface area contributed by atoms with E-state index in [0.717, 1.165) is 5.56 Å². The van der Waals surface area contributed by atoms with Crippen LogP contribution in [0.4, 0.5) is 0 Å². The van der Waals surface area contributed by atoms with Crippen molar-refractivity contribution >= 4 is 10.8 Å². The monoisotopic (exact) mass is 236 g/mol. The fraction of sp³-hybridized carbons (Fsp3) is 0.417. The van der Waals surface area contributed by atoms with Gasteiger partial charge in [0.25, 0.3) is 0 Å². The fourth-order valence-electron chi connectivity index (χ4n) is 1.45. The Labute approximate surface area is 98.9 Å². The van der Waals surface area contributed by atoms with Gasteiger partial charge in [-0.3, -0.25) is 4.21 Å². The average Bonchev–Trinajstić information content (AvgIpc) is 2.26. The van der Waals surface area contributed by atoms with Crippen LogP contribution in [-0.4, -0.2) is 22.3 Å². The molecule has 0 spiro atoms. The second kappa shape index (κ2) is 6.41. The smallest absolute Gasteiger partial charge is 0.0991 e. The van der Waals surface area contributed by atoms with E-state index in [-0.39, 0.29) is 6.04 Å². The summed E-state index contributed by atoms with van der Waals surface area (Å²) in [4.78, 5) is 0. The molecule has 0 aliphatic rings. The molecule has 0 saturated heterocycles. The van der Waals surface area contributed by atoms with E-state index in [1.807, 2.05) is 25.1 Å². The maximum atomic E-state index is 11.0. The Morgan fingerprint density at radius 1 is 1.56 bits per heavy atom. The molecule has 1 rings (SSSR count). The van der Waals surface area contributed by atoms with Gasteiger partial charge in [-0.25, -0.2) is 0 Å². The average molecular weight is 236 g/mol. The van der Waals surface area contributed by atoms with Gasteiger partial charge < -0.3 is 5.32 Å². The van der Waals surface area contributed by atoms with Crippen LogP contribution in [0, 0.1) is 11.3 Å². The first-order valence-electron chi connectivity index (χ1n) is 5.14. The molecule has 0 saturated carbocycles. The van der Waals surface area contributed by atoms with Crippen LogP contribution in [0.25, 0.3) is 0 Å². The molecule has 0 bridgehead atoms. The number of hydrogen-bond acceptors (Lipinski definition) is 3. The summed E-state index contributed by atoms with van der Waals surface area (Å²) >= 11 is 0. The van der Waals surface area contributed by atoms with Crippen molar-refractivity contribution in [3.63, 3.8) is 0 Å². The van der Waals surface area contributed by atoms with Gasteiger partial charge in [-0.05, 0) is 24.6 Å². The largest absolute Gasteiger partial charge is 0.309 e. The summed E-state index contributed by atoms with van der Waals surface area (Å²) in [5.74, 6) is 0.651. The molecular formula is C12H16N2OS. The van der Waals surface area contributed by atoms with E-state index in [9.17, 15) is 4.21 Å². The van der Waals surface area contributed by atoms with E-state index >= 15 is 0 Å². The summed E-state index contributed by atoms with van der Waals surface area (Å²) in [5, 5.41) is 12.0. The highest BCUT2D eigenvalue weighted by molar-refractivity contribution is 7.84. The van der Waals surface area contributed by atoms with Crippen LogP contribution in [0.5, 0.6) is 0 Å². The summed E-state index contributed by atoms with van der Waals surface area (Å²) in [6.07, 6.45) is 1.70. The zero-order valence-electron chi connectivity index (χ0n) is 9.56. The minimum Gasteiger partial charge on any atom is -0.309 e. The predicted octanol–water partition coefficient (Wildman–Crippen LogP) is 1.41. The van der Waals surface area contributed by atoms with Gasteiger partial charge in [-0.1, -0.05) is 12.1 Å². The quantitative estimate of drug-likeness (QED) is 0.841. The highest BCUT2D eigenvalue weighted by Gasteiger charge is 2.03. The zero-order chi connectivity index (χ0) is 12.0. The molecule has 1 N–H and O–H groups in total. The highest BCUT2D eigenvalue weighted by atomic mass is 32.2. The second-order valence-electron chi connectivity index (χ2n) is 3.83. The van der Waals surface area contributed by atoms with Crippen molar-refractivity contribution in [2.75, 3.05) is 12.0 Å². The molecule has 0 aromatic heterocycles. The van der Waals surface area contributed by atoms with Crippen molar-refractivity contribution in [1.29, 1.82) is 5.26 Å². The number of benzene rings is 1. The summed E-state index contributed by atoms with van der Waals surface area (Å²) in [7, 11) is -0.774. The number of nitriles is 1. The van der Waals surface area contributed by atoms with Gasteiger partial charge in [-0.15, -0.1) is 0 Å². The summed E-state index contributed by atoms with van der Waals surface area (Å²) in [5.41, 5.74) is 1.75. The predicted molar refractivity (Wildman–Crippen MR) is 66.4 cm³/mol. The number of rotatable bonds is 5. The number of hydrogen-bond donors (Lipinski definition) is 1. The Hall–Kier alpha value is -1.18. The third-order valence-electron chi connectivity index (χ3n) is 2.20. The number of nitrogens with zero attached hydrogens (tertiary/aromatic N) is 1. The van der Waals surface area contributed by atoms with Gasteiger partial charge in [0, 0.05) is 35.4 Å². The highest BCUT2D eigenvalue weighted by Crippen LogP contribution is 2.04. The van der Waals surface area contributed by atoms with Crippen LogP contribution in [-0.2, 0) is 17.3 Å². The lowest BCUT2D eigenvalue weighted by molar-refractivity contribution is 0.587. The SMILES string of the molecule is CC(CS(C)=O)NCc1cccc(C#N)c1. The lowest BCUT2D eigenvalue weighted by atomic mass is 10.1. The van der Waals surface area contributed by atoms with Crippen molar-refractivity contribution in [2.24, 2.45) is 0 Å². The maximum absolute atomic E-state index is 11.0. The van der Waals surface area contributed by atoms with E-state index in [4.69, 9.17) is 5.26 Å². The molecule has 16 heavy (non-hydrogen) atoms. The fourth-order valence-corrected chi connectivity index (χ4v) is 2.28. The van der Waals surface area contributed by atoms with Crippen molar-refractivity contribution in [1.82, 2.24) is 5.32 Å². The molecule has 0 radical (unpaired) electrons. The van der Waals surface area contributed by atoms with Crippen LogP contribution < -0.4 is 5.32 Å². The van der Waals surface area contributed by atoms with Crippen LogP contribution in [0.2, 0.25) is 0 Å². The van der Waals surface area contributed by atoms with Gasteiger partial charge in [0.15, 0.2) is 0 Å². The third kappa shape index (κ3) is 4.56. The first-order chi connectivity index (χ1) is 7.61. The van der Waals surface area contributed by atoms with Crippen LogP contribution >= 0.6 is 0 Å². The molecule has 86 valence electrons. The lowest BCUT2D eigenvalue weighted by Crippen LogP contribution is -2.30. The van der Waals surface area contributed by atoms with Gasteiger partial charge in [0.2, 0.25) is 0 Å². The van der Waals surface area contributed by atoms with Gasteiger partial charge in [-0.2, -0.15) is 5.26 Å². The molecule has 0 aliphatic carbocycles. The molecule has 4 heteroatoms. The molecule has 2 unspecified atom stereocenters. The summed E-state index contributed by atoms with van der Waals surface area (Å²) in [6.45, 7) is 2.71. The normalized spacial score (nSPS) is 14.1. The van der Waals surface area contributed by atoms with E-state index < -0.39 is 10.8 Å². The van der Waals surface area contributed by atoms with E-state index in [0.29, 0.717) is 17.9 Å². The standard InChI is InChI=1S/C12H16N2OS/c1-10(9-16(2)15)14-8-12-5-3-4-11(6-12)7-13/h3-6,10,14H,8-9H2,1-2H3. The minimum absolute atomic E-state index is 0.219. The van der Waals surface area contributed by atoms with E-state index in [1.165, 1.54) is 0 Å². The number of nitrogens with one attached hydrogen (secondary N) is 1. The van der Waals surface area contributed by atoms with E-state index in [1.54, 1.807) is 12.3 Å². The molecule has 2 atom stereocenters. The molecule has 0 amide bonds. The van der Waals surface area contributed by atoms with Crippen molar-refractivity contribution in [3.05, 3.63) is 35.4 Å². The maximum Gasteiger partial charge on any atom is 0.0991 e. The van der Waals surface area contributed by atoms with E-state index in [2.05, 4.69) is 11.4 Å². The summed E-state index contributed by atoms with van der Waals surface area (Å²) < 4.78 is 11.0. The molecule has 0 aliphatic heterocycles. The lowest BCUT2D eigenvalue weighted by Gasteiger charge is -2.12.